The molecule has 2 aliphatic heterocycles. The molecule has 2 aromatic rings. The van der Waals surface area contributed by atoms with Gasteiger partial charge in [0, 0.05) is 102 Å². The second-order valence-corrected chi connectivity index (χ2v) is 21.1. The number of carbonyl (C=O) groups excluding carboxylic acids is 2. The number of nitro benzene ring substituents is 2. The lowest BCUT2D eigenvalue weighted by Crippen LogP contribution is -2.60. The lowest BCUT2D eigenvalue weighted by atomic mass is 9.99. The Kier molecular flexibility index (Phi) is 41.2. The normalized spacial score (nSPS) is 21.5. The minimum atomic E-state index is -1.75. The van der Waals surface area contributed by atoms with Gasteiger partial charge in [-0.25, -0.2) is 0 Å². The van der Waals surface area contributed by atoms with Crippen LogP contribution in [0, 0.1) is 20.2 Å². The summed E-state index contributed by atoms with van der Waals surface area (Å²) in [6.07, 6.45) is -12.2. The topological polar surface area (TPSA) is 527 Å². The Labute approximate surface area is 548 Å². The molecule has 10 atom stereocenters. The zero-order valence-corrected chi connectivity index (χ0v) is 53.1. The maximum absolute atomic E-state index is 12.8. The van der Waals surface area contributed by atoms with Gasteiger partial charge < -0.3 is 135 Å². The molecule has 16 N–H and O–H groups in total. The zero-order chi connectivity index (χ0) is 69.0. The average molecular weight is 1370 g/mol. The number of aliphatic imine (C=N–C) groups is 2. The highest BCUT2D eigenvalue weighted by atomic mass is 16.7. The minimum absolute atomic E-state index is 0.111. The first-order valence-corrected chi connectivity index (χ1v) is 31.3. The highest BCUT2D eigenvalue weighted by Gasteiger charge is 2.46. The number of aliphatic hydroxyl groups is 8. The maximum Gasteiger partial charge on any atom is 0.273 e. The van der Waals surface area contributed by atoms with Gasteiger partial charge in [0.05, 0.1) is 114 Å². The van der Waals surface area contributed by atoms with Crippen molar-refractivity contribution in [1.82, 2.24) is 21.3 Å². The summed E-state index contributed by atoms with van der Waals surface area (Å²) < 4.78 is 71.6. The van der Waals surface area contributed by atoms with Crippen molar-refractivity contribution in [2.24, 2.45) is 21.5 Å². The third-order valence-electron chi connectivity index (χ3n) is 13.7. The second-order valence-electron chi connectivity index (χ2n) is 21.1. The van der Waals surface area contributed by atoms with E-state index in [1.807, 2.05) is 0 Å². The molecule has 37 heteroatoms. The van der Waals surface area contributed by atoms with Crippen molar-refractivity contribution < 1.29 is 122 Å². The Balaban J connectivity index is 0.833. The van der Waals surface area contributed by atoms with E-state index in [0.717, 1.165) is 37.1 Å². The van der Waals surface area contributed by atoms with E-state index >= 15 is 0 Å². The fraction of sp³-hybridized carbons (Fsp3) is 0.724. The van der Waals surface area contributed by atoms with Crippen molar-refractivity contribution in [3.63, 3.8) is 0 Å². The van der Waals surface area contributed by atoms with Gasteiger partial charge in [0.2, 0.25) is 12.6 Å². The van der Waals surface area contributed by atoms with E-state index in [4.69, 9.17) is 73.0 Å². The fourth-order valence-corrected chi connectivity index (χ4v) is 8.58. The highest BCUT2D eigenvalue weighted by molar-refractivity contribution is 5.96. The number of amides is 2. The Bertz CT molecular complexity index is 2380. The summed E-state index contributed by atoms with van der Waals surface area (Å²) in [5.74, 6) is -1.03. The summed E-state index contributed by atoms with van der Waals surface area (Å²) in [7, 11) is 0. The van der Waals surface area contributed by atoms with Crippen molar-refractivity contribution >= 4 is 35.1 Å². The van der Waals surface area contributed by atoms with Crippen LogP contribution in [0.25, 0.3) is 0 Å². The Morgan fingerprint density at radius 3 is 1.00 bits per heavy atom. The lowest BCUT2D eigenvalue weighted by molar-refractivity contribution is -0.385. The minimum Gasteiger partial charge on any atom is -0.462 e. The predicted molar refractivity (Wildman–Crippen MR) is 334 cm³/mol. The molecule has 0 radical (unpaired) electrons. The molecule has 37 nitrogen and oxygen atoms in total. The van der Waals surface area contributed by atoms with Crippen LogP contribution in [-0.4, -0.2) is 307 Å². The van der Waals surface area contributed by atoms with E-state index in [1.54, 1.807) is 0 Å². The molecule has 2 aliphatic rings. The van der Waals surface area contributed by atoms with Crippen LogP contribution in [0.2, 0.25) is 0 Å². The van der Waals surface area contributed by atoms with Crippen LogP contribution in [-0.2, 0) is 52.1 Å². The fourth-order valence-electron chi connectivity index (χ4n) is 8.58. The number of nitrogens with one attached hydrogen (secondary N) is 4. The van der Waals surface area contributed by atoms with E-state index < -0.39 is 108 Å². The molecule has 0 saturated carbocycles. The Morgan fingerprint density at radius 1 is 0.421 bits per heavy atom. The summed E-state index contributed by atoms with van der Waals surface area (Å²) in [6.45, 7) is 8.39. The molecule has 2 saturated heterocycles. The molecular weight excluding hydrogens is 1270 g/mol. The van der Waals surface area contributed by atoms with Crippen LogP contribution in [0.5, 0.6) is 11.5 Å². The van der Waals surface area contributed by atoms with E-state index in [1.165, 1.54) is 12.1 Å². The smallest absolute Gasteiger partial charge is 0.273 e. The molecule has 0 spiro atoms. The number of nitrogens with zero attached hydrogens (tertiary/aromatic N) is 4. The van der Waals surface area contributed by atoms with E-state index in [2.05, 4.69) is 31.3 Å². The quantitative estimate of drug-likeness (QED) is 0.00997. The molecule has 2 aromatic carbocycles. The van der Waals surface area contributed by atoms with Crippen molar-refractivity contribution in [1.29, 1.82) is 0 Å². The van der Waals surface area contributed by atoms with Crippen molar-refractivity contribution in [2.75, 3.05) is 171 Å². The summed E-state index contributed by atoms with van der Waals surface area (Å²) in [5, 5.41) is 114. The molecular formula is C58H96N10O27. The number of non-ortho nitro benzene ring substituents is 2. The number of guanidine groups is 2. The molecule has 540 valence electrons. The SMILES string of the molecule is NC(=NCCCOCCOCCOCCCNC(=O)c1cc(O[C@H]2O[C@H](CO)[C@H](O)[C@H](O)[C@H]2O)cc([N+](=O)[O-])c1)NCCCOCCOCCOCCCNC(N)=NCCCOCCOCCOCCCNC(=O)c1cc(O[C@H]2O[C@H](CO)[C@H](O)[C@H](O)[C@H]2O)cc([N+](=O)[O-])c1. The Hall–Kier alpha value is -6.44. The van der Waals surface area contributed by atoms with Crippen LogP contribution in [0.15, 0.2) is 46.4 Å². The van der Waals surface area contributed by atoms with Gasteiger partial charge in [0.25, 0.3) is 23.2 Å². The number of nitrogens with two attached hydrogens (primary N) is 2. The molecule has 95 heavy (non-hydrogen) atoms. The number of hydrogen-bond acceptors (Lipinski definition) is 29. The van der Waals surface area contributed by atoms with Gasteiger partial charge in [-0.2, -0.15) is 0 Å². The summed E-state index contributed by atoms with van der Waals surface area (Å²) in [6, 6.07) is 6.48. The van der Waals surface area contributed by atoms with Crippen molar-refractivity contribution in [3.05, 3.63) is 67.8 Å². The molecule has 2 heterocycles. The van der Waals surface area contributed by atoms with Gasteiger partial charge in [-0.15, -0.1) is 0 Å². The van der Waals surface area contributed by atoms with Crippen molar-refractivity contribution in [3.8, 4) is 11.5 Å². The highest BCUT2D eigenvalue weighted by Crippen LogP contribution is 2.30. The first kappa shape index (κ1) is 81.0. The van der Waals surface area contributed by atoms with Crippen LogP contribution in [0.3, 0.4) is 0 Å². The average Bonchev–Trinajstić information content (AvgIpc) is 0.840. The number of aliphatic hydroxyl groups excluding tert-OH is 8. The maximum atomic E-state index is 12.8. The number of nitro groups is 2. The first-order chi connectivity index (χ1) is 45.9. The molecule has 2 fully saturated rings. The third kappa shape index (κ3) is 32.9. The summed E-state index contributed by atoms with van der Waals surface area (Å²) >= 11 is 0. The molecule has 0 aliphatic carbocycles. The van der Waals surface area contributed by atoms with Gasteiger partial charge >= 0.3 is 0 Å². The molecule has 2 amide bonds. The van der Waals surface area contributed by atoms with Crippen molar-refractivity contribution in [2.45, 2.75) is 99.9 Å². The van der Waals surface area contributed by atoms with Gasteiger partial charge in [0.1, 0.15) is 60.3 Å². The number of rotatable bonds is 52. The molecule has 4 rings (SSSR count). The largest absolute Gasteiger partial charge is 0.462 e. The standard InChI is InChI=1S/C58H96N10O27/c59-57(63-9-3-15-85-21-27-89-25-19-83-13-1-7-61-53(77)39-31-41(67(79)80)35-43(33-39)92-55-51(75)49(73)47(71)45(37-69)94-55)65-11-5-17-87-23-29-91-30-24-88-18-6-12-66-58(60)64-10-4-16-86-22-28-90-26-20-84-14-2-8-62-54(78)40-32-42(68(81)82)36-44(34-40)93-56-52(76)50(74)48(72)46(38-70)95-56/h31-36,45-52,55-56,69-76H,1-30,37-38H2,(H,61,77)(H,62,78)(H3,59,63,65)(H3,60,64,66)/t45-,46-,47+,48+,49+,50+,51-,52-,55+,56+/m1/s1. The summed E-state index contributed by atoms with van der Waals surface area (Å²) in [4.78, 5) is 55.8. The monoisotopic (exact) mass is 1360 g/mol. The summed E-state index contributed by atoms with van der Waals surface area (Å²) in [5.41, 5.74) is 10.7. The predicted octanol–water partition coefficient (Wildman–Crippen LogP) is -3.68. The van der Waals surface area contributed by atoms with Crippen LogP contribution in [0.1, 0.15) is 59.2 Å². The van der Waals surface area contributed by atoms with E-state index in [9.17, 15) is 70.7 Å². The molecule has 0 bridgehead atoms. The third-order valence-corrected chi connectivity index (χ3v) is 13.7. The van der Waals surface area contributed by atoms with Gasteiger partial charge in [-0.3, -0.25) is 39.8 Å². The van der Waals surface area contributed by atoms with Crippen LogP contribution in [0.4, 0.5) is 11.4 Å². The number of benzene rings is 2. The first-order valence-electron chi connectivity index (χ1n) is 31.3. The van der Waals surface area contributed by atoms with Crippen LogP contribution >= 0.6 is 0 Å². The van der Waals surface area contributed by atoms with Gasteiger partial charge in [0.15, 0.2) is 11.9 Å². The van der Waals surface area contributed by atoms with Crippen LogP contribution < -0.4 is 42.2 Å². The number of ether oxygens (including phenoxy) is 13. The second kappa shape index (κ2) is 48.3. The van der Waals surface area contributed by atoms with E-state index in [-0.39, 0.29) is 35.7 Å². The lowest BCUT2D eigenvalue weighted by Gasteiger charge is -2.39. The number of carbonyl (C=O) groups is 2. The number of hydrogen-bond donors (Lipinski definition) is 14. The van der Waals surface area contributed by atoms with Gasteiger partial charge in [-0.05, 0) is 50.7 Å². The zero-order valence-electron chi connectivity index (χ0n) is 53.1. The molecule has 0 aromatic heterocycles. The van der Waals surface area contributed by atoms with E-state index in [0.29, 0.717) is 183 Å². The Morgan fingerprint density at radius 2 is 0.705 bits per heavy atom. The molecule has 0 unspecified atom stereocenters. The van der Waals surface area contributed by atoms with Gasteiger partial charge in [-0.1, -0.05) is 0 Å².